The Morgan fingerprint density at radius 1 is 1.43 bits per heavy atom. The number of halogens is 1. The largest absolute Gasteiger partial charge is 0.311 e. The van der Waals surface area contributed by atoms with Crippen LogP contribution in [0.5, 0.6) is 0 Å². The molecule has 0 atom stereocenters. The van der Waals surface area contributed by atoms with Crippen LogP contribution in [0.2, 0.25) is 0 Å². The van der Waals surface area contributed by atoms with Crippen molar-refractivity contribution in [2.45, 2.75) is 26.3 Å². The highest BCUT2D eigenvalue weighted by atomic mass is 79.9. The summed E-state index contributed by atoms with van der Waals surface area (Å²) in [4.78, 5) is 13.2. The molecule has 1 heterocycles. The summed E-state index contributed by atoms with van der Waals surface area (Å²) in [6.45, 7) is 7.05. The fraction of sp³-hybridized carbons (Fsp3) is 0.600. The molecular formula is C15H22BrN3O2. The summed E-state index contributed by atoms with van der Waals surface area (Å²) >= 11 is 3.27. The molecule has 5 nitrogen and oxygen atoms in total. The summed E-state index contributed by atoms with van der Waals surface area (Å²) in [6, 6.07) is 5.21. The standard InChI is InChI=1S/C15H22BrN3O2/c1-12-4-7-18(8-5-12)9-6-17-11-13-2-3-14(16)10-15(13)19(20)21/h2-3,10,12,17H,4-9,11H2,1H3. The topological polar surface area (TPSA) is 58.4 Å². The molecule has 1 N–H and O–H groups in total. The minimum atomic E-state index is -0.326. The third kappa shape index (κ3) is 5.05. The summed E-state index contributed by atoms with van der Waals surface area (Å²) in [6.07, 6.45) is 2.55. The maximum atomic E-state index is 11.0. The zero-order chi connectivity index (χ0) is 15.2. The average Bonchev–Trinajstić information content (AvgIpc) is 2.46. The predicted octanol–water partition coefficient (Wildman–Crippen LogP) is 3.18. The number of piperidine rings is 1. The lowest BCUT2D eigenvalue weighted by Crippen LogP contribution is -2.37. The van der Waals surface area contributed by atoms with Crippen LogP contribution in [0.15, 0.2) is 22.7 Å². The van der Waals surface area contributed by atoms with Crippen molar-refractivity contribution in [2.24, 2.45) is 5.92 Å². The van der Waals surface area contributed by atoms with Crippen LogP contribution in [0.1, 0.15) is 25.3 Å². The van der Waals surface area contributed by atoms with Gasteiger partial charge in [-0.15, -0.1) is 0 Å². The fourth-order valence-electron chi connectivity index (χ4n) is 2.60. The molecule has 0 aliphatic carbocycles. The molecule has 116 valence electrons. The average molecular weight is 356 g/mol. The van der Waals surface area contributed by atoms with Crippen LogP contribution in [0.4, 0.5) is 5.69 Å². The molecule has 1 aliphatic heterocycles. The second-order valence-corrected chi connectivity index (χ2v) is 6.65. The van der Waals surface area contributed by atoms with Gasteiger partial charge in [0.15, 0.2) is 0 Å². The van der Waals surface area contributed by atoms with Crippen molar-refractivity contribution in [1.29, 1.82) is 0 Å². The van der Waals surface area contributed by atoms with E-state index in [1.54, 1.807) is 12.1 Å². The first-order valence-electron chi connectivity index (χ1n) is 7.42. The third-order valence-electron chi connectivity index (χ3n) is 4.04. The maximum Gasteiger partial charge on any atom is 0.275 e. The first-order chi connectivity index (χ1) is 10.1. The third-order valence-corrected chi connectivity index (χ3v) is 4.53. The molecule has 1 aliphatic rings. The Bertz CT molecular complexity index is 488. The predicted molar refractivity (Wildman–Crippen MR) is 87.3 cm³/mol. The second kappa shape index (κ2) is 7.87. The van der Waals surface area contributed by atoms with Gasteiger partial charge in [-0.3, -0.25) is 10.1 Å². The molecule has 0 saturated carbocycles. The van der Waals surface area contributed by atoms with E-state index in [-0.39, 0.29) is 10.6 Å². The van der Waals surface area contributed by atoms with E-state index in [4.69, 9.17) is 0 Å². The normalized spacial score (nSPS) is 17.0. The molecule has 0 bridgehead atoms. The molecule has 1 aromatic rings. The fourth-order valence-corrected chi connectivity index (χ4v) is 2.95. The summed E-state index contributed by atoms with van der Waals surface area (Å²) in [5.41, 5.74) is 0.902. The van der Waals surface area contributed by atoms with Crippen LogP contribution in [0.25, 0.3) is 0 Å². The van der Waals surface area contributed by atoms with E-state index in [9.17, 15) is 10.1 Å². The Labute approximate surface area is 134 Å². The number of hydrogen-bond donors (Lipinski definition) is 1. The number of nitrogens with zero attached hydrogens (tertiary/aromatic N) is 2. The minimum absolute atomic E-state index is 0.170. The first-order valence-corrected chi connectivity index (χ1v) is 8.21. The SMILES string of the molecule is CC1CCN(CCNCc2ccc(Br)cc2[N+](=O)[O-])CC1. The van der Waals surface area contributed by atoms with Crippen LogP contribution in [-0.2, 0) is 6.54 Å². The lowest BCUT2D eigenvalue weighted by atomic mass is 9.99. The monoisotopic (exact) mass is 355 g/mol. The quantitative estimate of drug-likeness (QED) is 0.483. The van der Waals surface area contributed by atoms with Gasteiger partial charge >= 0.3 is 0 Å². The number of nitrogens with one attached hydrogen (secondary N) is 1. The number of hydrogen-bond acceptors (Lipinski definition) is 4. The van der Waals surface area contributed by atoms with Gasteiger partial charge in [-0.1, -0.05) is 22.9 Å². The van der Waals surface area contributed by atoms with Gasteiger partial charge in [0.1, 0.15) is 0 Å². The number of benzene rings is 1. The van der Waals surface area contributed by atoms with Crippen molar-refractivity contribution >= 4 is 21.6 Å². The van der Waals surface area contributed by atoms with E-state index >= 15 is 0 Å². The maximum absolute atomic E-state index is 11.0. The van der Waals surface area contributed by atoms with Gasteiger partial charge in [0.25, 0.3) is 5.69 Å². The van der Waals surface area contributed by atoms with Crippen LogP contribution >= 0.6 is 15.9 Å². The number of nitro groups is 1. The molecule has 0 radical (unpaired) electrons. The van der Waals surface area contributed by atoms with Gasteiger partial charge < -0.3 is 10.2 Å². The lowest BCUT2D eigenvalue weighted by molar-refractivity contribution is -0.385. The Hall–Kier alpha value is -0.980. The molecule has 6 heteroatoms. The van der Waals surface area contributed by atoms with Gasteiger partial charge in [0, 0.05) is 35.7 Å². The molecule has 1 saturated heterocycles. The van der Waals surface area contributed by atoms with Crippen molar-refractivity contribution in [2.75, 3.05) is 26.2 Å². The summed E-state index contributed by atoms with van der Waals surface area (Å²) < 4.78 is 0.736. The van der Waals surface area contributed by atoms with Gasteiger partial charge in [-0.05, 0) is 44.0 Å². The van der Waals surface area contributed by atoms with Crippen LogP contribution in [-0.4, -0.2) is 36.0 Å². The zero-order valence-corrected chi connectivity index (χ0v) is 13.9. The van der Waals surface area contributed by atoms with Crippen molar-refractivity contribution in [1.82, 2.24) is 10.2 Å². The molecule has 1 fully saturated rings. The van der Waals surface area contributed by atoms with E-state index in [0.29, 0.717) is 6.54 Å². The van der Waals surface area contributed by atoms with Gasteiger partial charge in [-0.2, -0.15) is 0 Å². The van der Waals surface area contributed by atoms with Crippen LogP contribution in [0, 0.1) is 16.0 Å². The van der Waals surface area contributed by atoms with Gasteiger partial charge in [0.2, 0.25) is 0 Å². The number of likely N-dealkylation sites (tertiary alicyclic amines) is 1. The van der Waals surface area contributed by atoms with Crippen molar-refractivity contribution in [3.8, 4) is 0 Å². The molecular weight excluding hydrogens is 334 g/mol. The zero-order valence-electron chi connectivity index (χ0n) is 12.3. The van der Waals surface area contributed by atoms with E-state index < -0.39 is 0 Å². The summed E-state index contributed by atoms with van der Waals surface area (Å²) in [7, 11) is 0. The van der Waals surface area contributed by atoms with E-state index in [0.717, 1.165) is 29.0 Å². The minimum Gasteiger partial charge on any atom is -0.311 e. The first kappa shape index (κ1) is 16.4. The highest BCUT2D eigenvalue weighted by Crippen LogP contribution is 2.23. The van der Waals surface area contributed by atoms with Crippen LogP contribution in [0.3, 0.4) is 0 Å². The van der Waals surface area contributed by atoms with Crippen molar-refractivity contribution < 1.29 is 4.92 Å². The lowest BCUT2D eigenvalue weighted by Gasteiger charge is -2.30. The van der Waals surface area contributed by atoms with Gasteiger partial charge in [0.05, 0.1) is 4.92 Å². The number of nitro benzene ring substituents is 1. The molecule has 2 rings (SSSR count). The summed E-state index contributed by atoms with van der Waals surface area (Å²) in [5.74, 6) is 0.847. The molecule has 0 amide bonds. The van der Waals surface area contributed by atoms with Gasteiger partial charge in [-0.25, -0.2) is 0 Å². The van der Waals surface area contributed by atoms with E-state index in [1.165, 1.54) is 25.9 Å². The Morgan fingerprint density at radius 3 is 2.81 bits per heavy atom. The smallest absolute Gasteiger partial charge is 0.275 e. The Balaban J connectivity index is 1.77. The highest BCUT2D eigenvalue weighted by Gasteiger charge is 2.16. The molecule has 1 aromatic carbocycles. The van der Waals surface area contributed by atoms with Crippen molar-refractivity contribution in [3.63, 3.8) is 0 Å². The highest BCUT2D eigenvalue weighted by molar-refractivity contribution is 9.10. The van der Waals surface area contributed by atoms with E-state index in [2.05, 4.69) is 33.1 Å². The Morgan fingerprint density at radius 2 is 2.14 bits per heavy atom. The number of rotatable bonds is 6. The second-order valence-electron chi connectivity index (χ2n) is 5.73. The Kier molecular flexibility index (Phi) is 6.14. The molecule has 0 aromatic heterocycles. The van der Waals surface area contributed by atoms with Crippen molar-refractivity contribution in [3.05, 3.63) is 38.3 Å². The molecule has 0 spiro atoms. The van der Waals surface area contributed by atoms with E-state index in [1.807, 2.05) is 6.07 Å². The van der Waals surface area contributed by atoms with Crippen LogP contribution < -0.4 is 5.32 Å². The molecule has 21 heavy (non-hydrogen) atoms. The molecule has 0 unspecified atom stereocenters. The summed E-state index contributed by atoms with van der Waals surface area (Å²) in [5, 5.41) is 14.3.